The standard InChI is InChI=1S/C11H14BrNO4S3/c1-3-10-13(7(5-18-10)11(14)15)20(16,17)8-4-9(12)19-6(8)2/h4,7,10H,3,5H2,1-2H3,(H,14,15). The maximum atomic E-state index is 12.8. The van der Waals surface area contributed by atoms with Gasteiger partial charge < -0.3 is 5.11 Å². The lowest BCUT2D eigenvalue weighted by Crippen LogP contribution is -2.45. The van der Waals surface area contributed by atoms with Gasteiger partial charge in [-0.2, -0.15) is 4.31 Å². The number of thiophene rings is 1. The third kappa shape index (κ3) is 2.78. The van der Waals surface area contributed by atoms with Crippen LogP contribution in [0.15, 0.2) is 14.7 Å². The molecule has 9 heteroatoms. The predicted octanol–water partition coefficient (Wildman–Crippen LogP) is 2.75. The van der Waals surface area contributed by atoms with Crippen molar-refractivity contribution in [1.82, 2.24) is 4.31 Å². The largest absolute Gasteiger partial charge is 0.480 e. The fourth-order valence-corrected chi connectivity index (χ4v) is 8.07. The van der Waals surface area contributed by atoms with Gasteiger partial charge >= 0.3 is 5.97 Å². The molecular formula is C11H14BrNO4S3. The smallest absolute Gasteiger partial charge is 0.322 e. The van der Waals surface area contributed by atoms with Crippen LogP contribution in [0.1, 0.15) is 18.2 Å². The third-order valence-corrected chi connectivity index (χ3v) is 8.38. The summed E-state index contributed by atoms with van der Waals surface area (Å²) in [5.74, 6) is -0.804. The molecule has 0 aromatic carbocycles. The van der Waals surface area contributed by atoms with Crippen LogP contribution in [0.5, 0.6) is 0 Å². The Balaban J connectivity index is 2.50. The van der Waals surface area contributed by atoms with E-state index in [0.717, 1.165) is 8.09 Å². The zero-order chi connectivity index (χ0) is 15.1. The van der Waals surface area contributed by atoms with Crippen LogP contribution >= 0.6 is 39.0 Å². The molecule has 1 saturated heterocycles. The van der Waals surface area contributed by atoms with Gasteiger partial charge in [-0.15, -0.1) is 23.1 Å². The van der Waals surface area contributed by atoms with Gasteiger partial charge in [-0.3, -0.25) is 4.79 Å². The van der Waals surface area contributed by atoms with E-state index in [4.69, 9.17) is 0 Å². The summed E-state index contributed by atoms with van der Waals surface area (Å²) in [5, 5.41) is 8.94. The number of aryl methyl sites for hydroxylation is 1. The molecule has 1 fully saturated rings. The topological polar surface area (TPSA) is 74.7 Å². The molecule has 2 rings (SSSR count). The first kappa shape index (κ1) is 16.3. The summed E-state index contributed by atoms with van der Waals surface area (Å²) in [4.78, 5) is 12.2. The Morgan fingerprint density at radius 3 is 2.70 bits per heavy atom. The third-order valence-electron chi connectivity index (χ3n) is 3.07. The van der Waals surface area contributed by atoms with E-state index in [0.29, 0.717) is 11.3 Å². The van der Waals surface area contributed by atoms with Crippen molar-refractivity contribution in [3.8, 4) is 0 Å². The van der Waals surface area contributed by atoms with Crippen LogP contribution in [-0.4, -0.2) is 41.0 Å². The second-order valence-corrected chi connectivity index (χ2v) is 10.0. The Hall–Kier alpha value is -0.0900. The van der Waals surface area contributed by atoms with E-state index in [2.05, 4.69) is 15.9 Å². The molecule has 0 bridgehead atoms. The molecule has 1 aromatic heterocycles. The molecule has 112 valence electrons. The first-order valence-corrected chi connectivity index (χ1v) is 10.0. The minimum absolute atomic E-state index is 0.196. The molecule has 2 atom stereocenters. The van der Waals surface area contributed by atoms with Crippen LogP contribution in [0.4, 0.5) is 0 Å². The monoisotopic (exact) mass is 399 g/mol. The second kappa shape index (κ2) is 5.96. The number of hydrogen-bond acceptors (Lipinski definition) is 5. The van der Waals surface area contributed by atoms with Gasteiger partial charge in [0.2, 0.25) is 10.0 Å². The lowest BCUT2D eigenvalue weighted by Gasteiger charge is -2.25. The zero-order valence-electron chi connectivity index (χ0n) is 10.9. The van der Waals surface area contributed by atoms with Gasteiger partial charge in [0.1, 0.15) is 6.04 Å². The first-order chi connectivity index (χ1) is 9.28. The Morgan fingerprint density at radius 2 is 2.25 bits per heavy atom. The van der Waals surface area contributed by atoms with Gasteiger partial charge in [-0.25, -0.2) is 8.42 Å². The molecule has 1 aliphatic rings. The number of thioether (sulfide) groups is 1. The molecule has 2 heterocycles. The lowest BCUT2D eigenvalue weighted by molar-refractivity contribution is -0.140. The molecular weight excluding hydrogens is 386 g/mol. The Labute approximate surface area is 134 Å². The van der Waals surface area contributed by atoms with E-state index in [-0.39, 0.29) is 16.0 Å². The number of sulfonamides is 1. The summed E-state index contributed by atoms with van der Waals surface area (Å²) in [6.45, 7) is 3.59. The number of nitrogens with zero attached hydrogens (tertiary/aromatic N) is 1. The highest BCUT2D eigenvalue weighted by atomic mass is 79.9. The number of halogens is 1. The molecule has 1 aromatic rings. The number of carboxylic acid groups (broad SMARTS) is 1. The summed E-state index contributed by atoms with van der Waals surface area (Å²) >= 11 is 5.98. The van der Waals surface area contributed by atoms with Crippen molar-refractivity contribution in [2.24, 2.45) is 0 Å². The van der Waals surface area contributed by atoms with E-state index < -0.39 is 22.0 Å². The van der Waals surface area contributed by atoms with E-state index in [9.17, 15) is 18.3 Å². The van der Waals surface area contributed by atoms with Crippen LogP contribution in [0, 0.1) is 6.92 Å². The summed E-state index contributed by atoms with van der Waals surface area (Å²) < 4.78 is 27.5. The quantitative estimate of drug-likeness (QED) is 0.841. The molecule has 20 heavy (non-hydrogen) atoms. The minimum Gasteiger partial charge on any atom is -0.480 e. The summed E-state index contributed by atoms with van der Waals surface area (Å²) in [5.41, 5.74) is 0. The SMILES string of the molecule is CCC1SCC(C(=O)O)N1S(=O)(=O)c1cc(Br)sc1C. The van der Waals surface area contributed by atoms with Gasteiger partial charge in [0.25, 0.3) is 0 Å². The van der Waals surface area contributed by atoms with Crippen molar-refractivity contribution in [2.75, 3.05) is 5.75 Å². The average molecular weight is 400 g/mol. The maximum Gasteiger partial charge on any atom is 0.322 e. The molecule has 0 aliphatic carbocycles. The summed E-state index contributed by atoms with van der Waals surface area (Å²) in [6, 6.07) is 0.553. The molecule has 2 unspecified atom stereocenters. The maximum absolute atomic E-state index is 12.8. The molecule has 1 N–H and O–H groups in total. The highest BCUT2D eigenvalue weighted by Gasteiger charge is 2.46. The first-order valence-electron chi connectivity index (χ1n) is 5.93. The van der Waals surface area contributed by atoms with Crippen LogP contribution in [0.3, 0.4) is 0 Å². The molecule has 0 spiro atoms. The molecule has 0 amide bonds. The second-order valence-electron chi connectivity index (χ2n) is 4.36. The van der Waals surface area contributed by atoms with Gasteiger partial charge in [0.15, 0.2) is 0 Å². The number of aliphatic carboxylic acids is 1. The normalized spacial score (nSPS) is 24.1. The predicted molar refractivity (Wildman–Crippen MR) is 83.7 cm³/mol. The van der Waals surface area contributed by atoms with Crippen molar-refractivity contribution in [2.45, 2.75) is 36.6 Å². The Morgan fingerprint density at radius 1 is 1.60 bits per heavy atom. The highest BCUT2D eigenvalue weighted by molar-refractivity contribution is 9.11. The molecule has 0 radical (unpaired) electrons. The van der Waals surface area contributed by atoms with Crippen molar-refractivity contribution < 1.29 is 18.3 Å². The molecule has 5 nitrogen and oxygen atoms in total. The van der Waals surface area contributed by atoms with Gasteiger partial charge in [-0.1, -0.05) is 6.92 Å². The van der Waals surface area contributed by atoms with Crippen molar-refractivity contribution in [3.63, 3.8) is 0 Å². The van der Waals surface area contributed by atoms with Gasteiger partial charge in [0.05, 0.1) is 14.1 Å². The van der Waals surface area contributed by atoms with E-state index in [1.54, 1.807) is 13.0 Å². The average Bonchev–Trinajstić information content (AvgIpc) is 2.92. The minimum atomic E-state index is -3.79. The van der Waals surface area contributed by atoms with Crippen LogP contribution in [0.2, 0.25) is 0 Å². The van der Waals surface area contributed by atoms with E-state index >= 15 is 0 Å². The van der Waals surface area contributed by atoms with Crippen LogP contribution in [-0.2, 0) is 14.8 Å². The lowest BCUT2D eigenvalue weighted by atomic mass is 10.3. The number of rotatable bonds is 4. The van der Waals surface area contributed by atoms with Gasteiger partial charge in [-0.05, 0) is 35.3 Å². The highest BCUT2D eigenvalue weighted by Crippen LogP contribution is 2.39. The number of hydrogen-bond donors (Lipinski definition) is 1. The van der Waals surface area contributed by atoms with Crippen LogP contribution in [0.25, 0.3) is 0 Å². The molecule has 0 saturated carbocycles. The van der Waals surface area contributed by atoms with Gasteiger partial charge in [0, 0.05) is 10.6 Å². The van der Waals surface area contributed by atoms with E-state index in [1.807, 2.05) is 6.92 Å². The Bertz CT molecular complexity index is 628. The number of carboxylic acids is 1. The molecule has 1 aliphatic heterocycles. The number of carbonyl (C=O) groups is 1. The van der Waals surface area contributed by atoms with Crippen LogP contribution < -0.4 is 0 Å². The van der Waals surface area contributed by atoms with Crippen molar-refractivity contribution in [1.29, 1.82) is 0 Å². The summed E-state index contributed by atoms with van der Waals surface area (Å²) in [7, 11) is -3.79. The van der Waals surface area contributed by atoms with Crippen molar-refractivity contribution >= 4 is 55.0 Å². The summed E-state index contributed by atoms with van der Waals surface area (Å²) in [6.07, 6.45) is 0.581. The Kier molecular flexibility index (Phi) is 4.85. The fraction of sp³-hybridized carbons (Fsp3) is 0.545. The van der Waals surface area contributed by atoms with E-state index in [1.165, 1.54) is 23.1 Å². The zero-order valence-corrected chi connectivity index (χ0v) is 14.9. The fourth-order valence-electron chi connectivity index (χ4n) is 2.15. The van der Waals surface area contributed by atoms with Crippen molar-refractivity contribution in [3.05, 3.63) is 14.7 Å².